The van der Waals surface area contributed by atoms with Crippen LogP contribution in [0.3, 0.4) is 0 Å². The molecule has 1 saturated heterocycles. The Labute approximate surface area is 211 Å². The number of amides is 2. The van der Waals surface area contributed by atoms with Crippen molar-refractivity contribution in [1.29, 1.82) is 0 Å². The smallest absolute Gasteiger partial charge is 0.410 e. The molecule has 0 saturated carbocycles. The lowest BCUT2D eigenvalue weighted by Gasteiger charge is -2.36. The maximum atomic E-state index is 13.3. The molecule has 4 rings (SSSR count). The van der Waals surface area contributed by atoms with Gasteiger partial charge in [0.1, 0.15) is 12.2 Å². The number of nitrogens with one attached hydrogen (secondary N) is 1. The van der Waals surface area contributed by atoms with Gasteiger partial charge in [-0.1, -0.05) is 61.4 Å². The van der Waals surface area contributed by atoms with Crippen LogP contribution >= 0.6 is 0 Å². The number of fused-ring (bicyclic) bond motifs is 3. The lowest BCUT2D eigenvalue weighted by molar-refractivity contribution is -0.144. The van der Waals surface area contributed by atoms with Gasteiger partial charge in [-0.3, -0.25) is 4.90 Å². The van der Waals surface area contributed by atoms with Gasteiger partial charge in [-0.25, -0.2) is 14.4 Å². The van der Waals surface area contributed by atoms with Crippen molar-refractivity contribution in [3.8, 4) is 11.1 Å². The molecule has 2 unspecified atom stereocenters. The number of aliphatic carboxylic acids is 1. The topological polar surface area (TPSA) is 105 Å². The van der Waals surface area contributed by atoms with Gasteiger partial charge in [0.2, 0.25) is 0 Å². The highest BCUT2D eigenvalue weighted by atomic mass is 16.6. The first-order valence-corrected chi connectivity index (χ1v) is 12.5. The van der Waals surface area contributed by atoms with Crippen molar-refractivity contribution in [2.75, 3.05) is 13.2 Å². The van der Waals surface area contributed by atoms with E-state index in [-0.39, 0.29) is 19.1 Å². The molecule has 2 atom stereocenters. The Balaban J connectivity index is 1.52. The Morgan fingerprint density at radius 2 is 1.58 bits per heavy atom. The molecule has 0 bridgehead atoms. The van der Waals surface area contributed by atoms with Crippen molar-refractivity contribution in [3.63, 3.8) is 0 Å². The lowest BCUT2D eigenvalue weighted by atomic mass is 9.96. The predicted molar refractivity (Wildman–Crippen MR) is 135 cm³/mol. The highest BCUT2D eigenvalue weighted by Gasteiger charge is 2.40. The average Bonchev–Trinajstić information content (AvgIpc) is 3.11. The number of likely N-dealkylation sites (tertiary alicyclic amines) is 1. The lowest BCUT2D eigenvalue weighted by Crippen LogP contribution is -2.58. The minimum atomic E-state index is -1.26. The molecule has 1 heterocycles. The molecule has 1 aliphatic carbocycles. The number of carboxylic acids is 1. The molecule has 0 spiro atoms. The van der Waals surface area contributed by atoms with Gasteiger partial charge < -0.3 is 19.9 Å². The van der Waals surface area contributed by atoms with Gasteiger partial charge >= 0.3 is 18.2 Å². The predicted octanol–water partition coefficient (Wildman–Crippen LogP) is 5.16. The summed E-state index contributed by atoms with van der Waals surface area (Å²) in [5, 5.41) is 12.8. The van der Waals surface area contributed by atoms with E-state index in [0.717, 1.165) is 35.1 Å². The molecule has 2 aromatic rings. The van der Waals surface area contributed by atoms with Crippen LogP contribution < -0.4 is 5.32 Å². The van der Waals surface area contributed by atoms with Gasteiger partial charge in [0.05, 0.1) is 6.04 Å². The Kier molecular flexibility index (Phi) is 7.52. The van der Waals surface area contributed by atoms with Crippen molar-refractivity contribution in [2.24, 2.45) is 0 Å². The number of carboxylic acid groups (broad SMARTS) is 1. The van der Waals surface area contributed by atoms with E-state index in [2.05, 4.69) is 17.4 Å². The third-order valence-electron chi connectivity index (χ3n) is 6.66. The normalized spacial score (nSPS) is 19.9. The molecular weight excluding hydrogens is 460 g/mol. The number of hydrogen-bond acceptors (Lipinski definition) is 5. The van der Waals surface area contributed by atoms with E-state index in [1.807, 2.05) is 36.4 Å². The van der Waals surface area contributed by atoms with E-state index >= 15 is 0 Å². The fourth-order valence-electron chi connectivity index (χ4n) is 5.13. The van der Waals surface area contributed by atoms with Gasteiger partial charge in [0, 0.05) is 12.5 Å². The number of benzene rings is 2. The largest absolute Gasteiger partial charge is 0.480 e. The number of nitrogens with zero attached hydrogens (tertiary/aromatic N) is 1. The molecule has 36 heavy (non-hydrogen) atoms. The van der Waals surface area contributed by atoms with Gasteiger partial charge in [0.15, 0.2) is 6.04 Å². The number of ether oxygens (including phenoxy) is 2. The Morgan fingerprint density at radius 1 is 0.972 bits per heavy atom. The fourth-order valence-corrected chi connectivity index (χ4v) is 5.13. The molecule has 2 N–H and O–H groups in total. The summed E-state index contributed by atoms with van der Waals surface area (Å²) in [6.45, 7) is 5.55. The number of alkyl carbamates (subject to hydrolysis) is 1. The Bertz CT molecular complexity index is 1080. The van der Waals surface area contributed by atoms with Crippen LogP contribution in [0.1, 0.15) is 63.5 Å². The molecule has 2 aromatic carbocycles. The van der Waals surface area contributed by atoms with Gasteiger partial charge in [-0.15, -0.1) is 0 Å². The van der Waals surface area contributed by atoms with Crippen LogP contribution in [0.25, 0.3) is 11.1 Å². The summed E-state index contributed by atoms with van der Waals surface area (Å²) in [6, 6.07) is 14.0. The average molecular weight is 495 g/mol. The van der Waals surface area contributed by atoms with Gasteiger partial charge in [-0.05, 0) is 55.9 Å². The van der Waals surface area contributed by atoms with Crippen molar-refractivity contribution in [3.05, 3.63) is 59.7 Å². The second-order valence-electron chi connectivity index (χ2n) is 10.4. The first-order chi connectivity index (χ1) is 17.2. The van der Waals surface area contributed by atoms with Crippen molar-refractivity contribution in [1.82, 2.24) is 10.2 Å². The first-order valence-electron chi connectivity index (χ1n) is 12.5. The number of carbonyl (C=O) groups is 3. The maximum Gasteiger partial charge on any atom is 0.410 e. The van der Waals surface area contributed by atoms with Crippen molar-refractivity contribution < 1.29 is 29.0 Å². The second kappa shape index (κ2) is 10.6. The zero-order valence-electron chi connectivity index (χ0n) is 21.0. The van der Waals surface area contributed by atoms with E-state index in [9.17, 15) is 19.5 Å². The van der Waals surface area contributed by atoms with E-state index in [4.69, 9.17) is 9.47 Å². The highest BCUT2D eigenvalue weighted by molar-refractivity contribution is 5.82. The van der Waals surface area contributed by atoms with Crippen LogP contribution in [-0.2, 0) is 14.3 Å². The summed E-state index contributed by atoms with van der Waals surface area (Å²) in [6.07, 6.45) is 1.24. The third-order valence-corrected chi connectivity index (χ3v) is 6.66. The second-order valence-corrected chi connectivity index (χ2v) is 10.4. The fraction of sp³-hybridized carbons (Fsp3) is 0.464. The molecule has 8 nitrogen and oxygen atoms in total. The molecule has 2 amide bonds. The van der Waals surface area contributed by atoms with Crippen LogP contribution in [0.2, 0.25) is 0 Å². The first kappa shape index (κ1) is 25.5. The minimum absolute atomic E-state index is 0.0971. The number of rotatable bonds is 4. The van der Waals surface area contributed by atoms with Crippen LogP contribution in [0, 0.1) is 0 Å². The monoisotopic (exact) mass is 494 g/mol. The quantitative estimate of drug-likeness (QED) is 0.608. The molecule has 2 aliphatic rings. The van der Waals surface area contributed by atoms with Crippen LogP contribution in [0.15, 0.2) is 48.5 Å². The van der Waals surface area contributed by atoms with Crippen molar-refractivity contribution in [2.45, 2.75) is 70.1 Å². The molecule has 1 aliphatic heterocycles. The molecule has 0 aromatic heterocycles. The van der Waals surface area contributed by atoms with Crippen LogP contribution in [0.5, 0.6) is 0 Å². The number of carbonyl (C=O) groups excluding carboxylic acids is 2. The summed E-state index contributed by atoms with van der Waals surface area (Å²) < 4.78 is 11.1. The Morgan fingerprint density at radius 3 is 2.17 bits per heavy atom. The zero-order chi connectivity index (χ0) is 25.9. The summed E-state index contributed by atoms with van der Waals surface area (Å²) in [5.41, 5.74) is 3.67. The Hall–Kier alpha value is -3.55. The molecule has 8 heteroatoms. The van der Waals surface area contributed by atoms with Crippen molar-refractivity contribution >= 4 is 18.2 Å². The zero-order valence-corrected chi connectivity index (χ0v) is 21.0. The maximum absolute atomic E-state index is 13.3. The van der Waals surface area contributed by atoms with E-state index < -0.39 is 35.8 Å². The van der Waals surface area contributed by atoms with Crippen LogP contribution in [-0.4, -0.2) is 59.0 Å². The van der Waals surface area contributed by atoms with E-state index in [1.165, 1.54) is 4.90 Å². The van der Waals surface area contributed by atoms with Gasteiger partial charge in [-0.2, -0.15) is 0 Å². The molecule has 192 valence electrons. The van der Waals surface area contributed by atoms with Crippen LogP contribution in [0.4, 0.5) is 9.59 Å². The SMILES string of the molecule is CC(C)(C)OC(=O)NC1CCCCCN(C(=O)OCC2c3ccccc3-c3ccccc32)C1C(=O)O. The van der Waals surface area contributed by atoms with E-state index in [0.29, 0.717) is 12.8 Å². The minimum Gasteiger partial charge on any atom is -0.480 e. The molecular formula is C28H34N2O6. The summed E-state index contributed by atoms with van der Waals surface area (Å²) in [5.74, 6) is -1.32. The van der Waals surface area contributed by atoms with Gasteiger partial charge in [0.25, 0.3) is 0 Å². The van der Waals surface area contributed by atoms with E-state index in [1.54, 1.807) is 20.8 Å². The summed E-state index contributed by atoms with van der Waals surface area (Å²) in [7, 11) is 0. The molecule has 1 fully saturated rings. The summed E-state index contributed by atoms with van der Waals surface area (Å²) in [4.78, 5) is 39.4. The standard InChI is InChI=1S/C28H34N2O6/c1-28(2,3)36-26(33)29-23-15-5-4-10-16-30(24(23)25(31)32)27(34)35-17-22-20-13-8-6-11-18(20)19-12-7-9-14-21(19)22/h6-9,11-14,22-24H,4-5,10,15-17H2,1-3H3,(H,29,33)(H,31,32). The molecule has 0 radical (unpaired) electrons. The summed E-state index contributed by atoms with van der Waals surface area (Å²) >= 11 is 0. The number of hydrogen-bond donors (Lipinski definition) is 2. The highest BCUT2D eigenvalue weighted by Crippen LogP contribution is 2.44. The third kappa shape index (κ3) is 5.64.